The number of fused-ring (bicyclic) bond motifs is 1. The van der Waals surface area contributed by atoms with Crippen molar-refractivity contribution in [1.29, 1.82) is 0 Å². The zero-order valence-corrected chi connectivity index (χ0v) is 10.4. The summed E-state index contributed by atoms with van der Waals surface area (Å²) in [5, 5.41) is 8.94. The molecule has 2 atom stereocenters. The molecule has 1 aliphatic rings. The van der Waals surface area contributed by atoms with Crippen LogP contribution in [0.1, 0.15) is 16.7 Å². The van der Waals surface area contributed by atoms with Crippen molar-refractivity contribution >= 4 is 5.97 Å². The number of rotatable bonds is 1. The smallest absolute Gasteiger partial charge is 0.426 e. The molecular formula is C13H13F3O3. The van der Waals surface area contributed by atoms with E-state index >= 15 is 0 Å². The minimum Gasteiger partial charge on any atom is -0.481 e. The third-order valence-corrected chi connectivity index (χ3v) is 3.38. The summed E-state index contributed by atoms with van der Waals surface area (Å²) in [6.45, 7) is 3.59. The van der Waals surface area contributed by atoms with Crippen molar-refractivity contribution in [3.63, 3.8) is 0 Å². The number of halogens is 3. The van der Waals surface area contributed by atoms with E-state index in [0.717, 1.165) is 11.1 Å². The topological polar surface area (TPSA) is 46.5 Å². The Morgan fingerprint density at radius 1 is 1.32 bits per heavy atom. The van der Waals surface area contributed by atoms with Gasteiger partial charge in [-0.05, 0) is 43.0 Å². The molecule has 1 N–H and O–H groups in total. The molecule has 0 aromatic heterocycles. The average molecular weight is 274 g/mol. The maximum absolute atomic E-state index is 12.8. The SMILES string of the molecule is Cc1cc2c(cc1C)O[C@@H](C(F)(F)F)[C@H](C(=O)O)C2. The van der Waals surface area contributed by atoms with Crippen molar-refractivity contribution in [2.45, 2.75) is 32.5 Å². The van der Waals surface area contributed by atoms with Gasteiger partial charge in [-0.3, -0.25) is 4.79 Å². The van der Waals surface area contributed by atoms with Crippen molar-refractivity contribution in [3.8, 4) is 5.75 Å². The second-order valence-electron chi connectivity index (χ2n) is 4.77. The fourth-order valence-electron chi connectivity index (χ4n) is 2.19. The number of benzene rings is 1. The fourth-order valence-corrected chi connectivity index (χ4v) is 2.19. The van der Waals surface area contributed by atoms with Crippen molar-refractivity contribution < 1.29 is 27.8 Å². The van der Waals surface area contributed by atoms with E-state index in [1.807, 2.05) is 6.92 Å². The first kappa shape index (κ1) is 13.7. The van der Waals surface area contributed by atoms with E-state index < -0.39 is 24.2 Å². The Kier molecular flexibility index (Phi) is 3.20. The van der Waals surface area contributed by atoms with Crippen molar-refractivity contribution in [2.75, 3.05) is 0 Å². The minimum atomic E-state index is -4.69. The van der Waals surface area contributed by atoms with E-state index in [1.165, 1.54) is 6.07 Å². The maximum Gasteiger partial charge on any atom is 0.426 e. The first-order chi connectivity index (χ1) is 8.70. The lowest BCUT2D eigenvalue weighted by Crippen LogP contribution is -2.47. The zero-order chi connectivity index (χ0) is 14.4. The quantitative estimate of drug-likeness (QED) is 0.856. The van der Waals surface area contributed by atoms with E-state index in [1.54, 1.807) is 13.0 Å². The van der Waals surface area contributed by atoms with Crippen LogP contribution >= 0.6 is 0 Å². The van der Waals surface area contributed by atoms with Gasteiger partial charge in [0.05, 0.1) is 0 Å². The normalized spacial score (nSPS) is 22.6. The van der Waals surface area contributed by atoms with Crippen LogP contribution in [0.3, 0.4) is 0 Å². The number of alkyl halides is 3. The largest absolute Gasteiger partial charge is 0.481 e. The Labute approximate surface area is 108 Å². The maximum atomic E-state index is 12.8. The first-order valence-electron chi connectivity index (χ1n) is 5.76. The first-order valence-corrected chi connectivity index (χ1v) is 5.76. The lowest BCUT2D eigenvalue weighted by Gasteiger charge is -2.32. The van der Waals surface area contributed by atoms with E-state index in [-0.39, 0.29) is 12.2 Å². The molecule has 0 bridgehead atoms. The molecule has 1 heterocycles. The van der Waals surface area contributed by atoms with Crippen LogP contribution < -0.4 is 4.74 Å². The number of carbonyl (C=O) groups is 1. The summed E-state index contributed by atoms with van der Waals surface area (Å²) in [5.74, 6) is -2.97. The van der Waals surface area contributed by atoms with Gasteiger partial charge in [0.25, 0.3) is 0 Å². The highest BCUT2D eigenvalue weighted by Gasteiger charge is 2.52. The zero-order valence-electron chi connectivity index (χ0n) is 10.4. The molecule has 0 spiro atoms. The monoisotopic (exact) mass is 274 g/mol. The van der Waals surface area contributed by atoms with E-state index in [0.29, 0.717) is 5.56 Å². The lowest BCUT2D eigenvalue weighted by molar-refractivity contribution is -0.217. The summed E-state index contributed by atoms with van der Waals surface area (Å²) in [4.78, 5) is 11.0. The highest BCUT2D eigenvalue weighted by atomic mass is 19.4. The Morgan fingerprint density at radius 3 is 2.42 bits per heavy atom. The van der Waals surface area contributed by atoms with E-state index in [9.17, 15) is 18.0 Å². The Bertz CT molecular complexity index is 523. The highest BCUT2D eigenvalue weighted by Crippen LogP contribution is 2.39. The van der Waals surface area contributed by atoms with Crippen molar-refractivity contribution in [1.82, 2.24) is 0 Å². The summed E-state index contributed by atoms with van der Waals surface area (Å²) in [6, 6.07) is 3.22. The number of aliphatic carboxylic acids is 1. The van der Waals surface area contributed by atoms with E-state index in [4.69, 9.17) is 9.84 Å². The average Bonchev–Trinajstić information content (AvgIpc) is 2.27. The molecule has 2 rings (SSSR count). The molecule has 19 heavy (non-hydrogen) atoms. The van der Waals surface area contributed by atoms with Crippen LogP contribution in [-0.2, 0) is 11.2 Å². The minimum absolute atomic E-state index is 0.128. The second-order valence-corrected chi connectivity index (χ2v) is 4.77. The van der Waals surface area contributed by atoms with Gasteiger partial charge in [-0.15, -0.1) is 0 Å². The molecule has 0 radical (unpaired) electrons. The molecular weight excluding hydrogens is 261 g/mol. The molecule has 1 aromatic rings. The van der Waals surface area contributed by atoms with Crippen LogP contribution in [0.4, 0.5) is 13.2 Å². The predicted molar refractivity (Wildman–Crippen MR) is 61.2 cm³/mol. The third kappa shape index (κ3) is 2.52. The molecule has 0 fully saturated rings. The lowest BCUT2D eigenvalue weighted by atomic mass is 9.88. The van der Waals surface area contributed by atoms with Gasteiger partial charge in [0, 0.05) is 0 Å². The molecule has 6 heteroatoms. The molecule has 0 saturated heterocycles. The predicted octanol–water partition coefficient (Wildman–Crippen LogP) is 2.87. The van der Waals surface area contributed by atoms with Gasteiger partial charge in [-0.2, -0.15) is 13.2 Å². The Balaban J connectivity index is 2.45. The van der Waals surface area contributed by atoms with Gasteiger partial charge in [0.2, 0.25) is 6.10 Å². The van der Waals surface area contributed by atoms with Gasteiger partial charge < -0.3 is 9.84 Å². The molecule has 1 aromatic carbocycles. The molecule has 0 aliphatic carbocycles. The Hall–Kier alpha value is -1.72. The molecule has 0 amide bonds. The molecule has 104 valence electrons. The number of carboxylic acid groups (broad SMARTS) is 1. The summed E-state index contributed by atoms with van der Waals surface area (Å²) < 4.78 is 43.4. The second kappa shape index (κ2) is 4.43. The number of aryl methyl sites for hydroxylation is 2. The number of carboxylic acids is 1. The van der Waals surface area contributed by atoms with Crippen LogP contribution in [0, 0.1) is 19.8 Å². The van der Waals surface area contributed by atoms with Crippen molar-refractivity contribution in [2.24, 2.45) is 5.92 Å². The van der Waals surface area contributed by atoms with Gasteiger partial charge in [0.1, 0.15) is 11.7 Å². The molecule has 1 aliphatic heterocycles. The summed E-state index contributed by atoms with van der Waals surface area (Å²) in [6.07, 6.45) is -7.16. The number of hydrogen-bond acceptors (Lipinski definition) is 2. The van der Waals surface area contributed by atoms with Crippen LogP contribution in [0.15, 0.2) is 12.1 Å². The third-order valence-electron chi connectivity index (χ3n) is 3.38. The number of ether oxygens (including phenoxy) is 1. The van der Waals surface area contributed by atoms with Crippen LogP contribution in [-0.4, -0.2) is 23.4 Å². The van der Waals surface area contributed by atoms with Crippen LogP contribution in [0.2, 0.25) is 0 Å². The van der Waals surface area contributed by atoms with Gasteiger partial charge in [0.15, 0.2) is 0 Å². The molecule has 0 unspecified atom stereocenters. The fraction of sp³-hybridized carbons (Fsp3) is 0.462. The van der Waals surface area contributed by atoms with E-state index in [2.05, 4.69) is 0 Å². The van der Waals surface area contributed by atoms with Crippen LogP contribution in [0.5, 0.6) is 5.75 Å². The van der Waals surface area contributed by atoms with Gasteiger partial charge in [-0.1, -0.05) is 6.07 Å². The summed E-state index contributed by atoms with van der Waals surface area (Å²) in [5.41, 5.74) is 2.22. The summed E-state index contributed by atoms with van der Waals surface area (Å²) >= 11 is 0. The summed E-state index contributed by atoms with van der Waals surface area (Å²) in [7, 11) is 0. The van der Waals surface area contributed by atoms with Gasteiger partial charge >= 0.3 is 12.1 Å². The Morgan fingerprint density at radius 2 is 1.89 bits per heavy atom. The highest BCUT2D eigenvalue weighted by molar-refractivity contribution is 5.72. The molecule has 3 nitrogen and oxygen atoms in total. The standard InChI is InChI=1S/C13H13F3O3/c1-6-3-8-5-9(12(17)18)11(13(14,15)16)19-10(8)4-7(6)2/h3-4,9,11H,5H2,1-2H3,(H,17,18)/t9-,11-/m1/s1. The number of hydrogen-bond donors (Lipinski definition) is 1. The molecule has 0 saturated carbocycles. The van der Waals surface area contributed by atoms with Gasteiger partial charge in [-0.25, -0.2) is 0 Å². The van der Waals surface area contributed by atoms with Crippen LogP contribution in [0.25, 0.3) is 0 Å². The van der Waals surface area contributed by atoms with Crippen molar-refractivity contribution in [3.05, 3.63) is 28.8 Å².